The van der Waals surface area contributed by atoms with E-state index in [1.54, 1.807) is 20.8 Å². The summed E-state index contributed by atoms with van der Waals surface area (Å²) >= 11 is 5.81. The number of anilines is 1. The zero-order valence-corrected chi connectivity index (χ0v) is 12.8. The molecule has 0 aliphatic heterocycles. The summed E-state index contributed by atoms with van der Waals surface area (Å²) in [5.74, 6) is -0.455. The van der Waals surface area contributed by atoms with Crippen LogP contribution in [0.5, 0.6) is 0 Å². The molecular formula is C13H18ClNO3S. The van der Waals surface area contributed by atoms with Crippen LogP contribution in [0.25, 0.3) is 0 Å². The Hall–Kier alpha value is -1.07. The van der Waals surface area contributed by atoms with Crippen LogP contribution in [0.4, 0.5) is 5.69 Å². The normalized spacial score (nSPS) is 12.4. The maximum absolute atomic E-state index is 11.9. The lowest BCUT2D eigenvalue weighted by molar-refractivity contribution is 0.0988. The molecule has 0 saturated carbocycles. The molecule has 0 saturated heterocycles. The fourth-order valence-corrected chi connectivity index (χ4v) is 2.76. The van der Waals surface area contributed by atoms with Crippen molar-refractivity contribution in [1.82, 2.24) is 0 Å². The van der Waals surface area contributed by atoms with Crippen LogP contribution in [0.15, 0.2) is 18.2 Å². The zero-order valence-electron chi connectivity index (χ0n) is 11.2. The molecule has 0 radical (unpaired) electrons. The fourth-order valence-electron chi connectivity index (χ4n) is 1.45. The van der Waals surface area contributed by atoms with Crippen LogP contribution in [0, 0.1) is 0 Å². The maximum Gasteiger partial charge on any atom is 0.164 e. The second-order valence-corrected chi connectivity index (χ2v) is 8.68. The van der Waals surface area contributed by atoms with E-state index in [0.717, 1.165) is 0 Å². The van der Waals surface area contributed by atoms with Crippen LogP contribution in [0.2, 0.25) is 5.02 Å². The Bertz CT molecular complexity index is 568. The molecule has 0 unspecified atom stereocenters. The van der Waals surface area contributed by atoms with E-state index in [2.05, 4.69) is 0 Å². The summed E-state index contributed by atoms with van der Waals surface area (Å²) in [4.78, 5) is 11.9. The number of nitrogens with two attached hydrogens (primary N) is 1. The largest absolute Gasteiger partial charge is 0.399 e. The summed E-state index contributed by atoms with van der Waals surface area (Å²) in [6, 6.07) is 4.52. The number of halogens is 1. The monoisotopic (exact) mass is 303 g/mol. The standard InChI is InChI=1S/C13H18ClNO3S/c1-13(2,3)19(17,18)5-4-12(16)9-6-10(14)8-11(15)7-9/h6-8H,4-5,15H2,1-3H3. The lowest BCUT2D eigenvalue weighted by Crippen LogP contribution is -2.31. The second-order valence-electron chi connectivity index (χ2n) is 5.38. The van der Waals surface area contributed by atoms with E-state index in [0.29, 0.717) is 16.3 Å². The Labute approximate surface area is 118 Å². The molecule has 0 aliphatic rings. The Morgan fingerprint density at radius 3 is 2.32 bits per heavy atom. The van der Waals surface area contributed by atoms with Crippen LogP contribution in [0.3, 0.4) is 0 Å². The number of Topliss-reactive ketones (excluding diaryl/α,β-unsaturated/α-hetero) is 1. The van der Waals surface area contributed by atoms with Gasteiger partial charge in [0.15, 0.2) is 15.6 Å². The van der Waals surface area contributed by atoms with Gasteiger partial charge in [-0.1, -0.05) is 11.6 Å². The smallest absolute Gasteiger partial charge is 0.164 e. The molecule has 0 bridgehead atoms. The van der Waals surface area contributed by atoms with Gasteiger partial charge >= 0.3 is 0 Å². The highest BCUT2D eigenvalue weighted by Crippen LogP contribution is 2.20. The van der Waals surface area contributed by atoms with Gasteiger partial charge in [-0.05, 0) is 39.0 Å². The molecule has 6 heteroatoms. The number of hydrogen-bond donors (Lipinski definition) is 1. The average Bonchev–Trinajstić information content (AvgIpc) is 2.23. The molecule has 0 aliphatic carbocycles. The average molecular weight is 304 g/mol. The van der Waals surface area contributed by atoms with Crippen molar-refractivity contribution in [3.8, 4) is 0 Å². The lowest BCUT2D eigenvalue weighted by atomic mass is 10.1. The molecule has 0 fully saturated rings. The summed E-state index contributed by atoms with van der Waals surface area (Å²) in [6.45, 7) is 4.85. The van der Waals surface area contributed by atoms with Crippen LogP contribution >= 0.6 is 11.6 Å². The van der Waals surface area contributed by atoms with Crippen molar-refractivity contribution in [3.63, 3.8) is 0 Å². The summed E-state index contributed by atoms with van der Waals surface area (Å²) in [7, 11) is -3.31. The third-order valence-corrected chi connectivity index (χ3v) is 5.60. The molecule has 1 aromatic rings. The number of sulfone groups is 1. The summed E-state index contributed by atoms with van der Waals surface area (Å²) in [6.07, 6.45) is -0.0701. The first-order valence-electron chi connectivity index (χ1n) is 5.84. The van der Waals surface area contributed by atoms with Gasteiger partial charge in [-0.2, -0.15) is 0 Å². The molecule has 4 nitrogen and oxygen atoms in total. The minimum atomic E-state index is -3.31. The van der Waals surface area contributed by atoms with E-state index < -0.39 is 14.6 Å². The Kier molecular flexibility index (Phi) is 4.63. The topological polar surface area (TPSA) is 77.2 Å². The van der Waals surface area contributed by atoms with Gasteiger partial charge in [-0.15, -0.1) is 0 Å². The van der Waals surface area contributed by atoms with E-state index in [-0.39, 0.29) is 18.0 Å². The molecule has 0 spiro atoms. The molecular weight excluding hydrogens is 286 g/mol. The van der Waals surface area contributed by atoms with Gasteiger partial charge in [-0.3, -0.25) is 4.79 Å². The van der Waals surface area contributed by atoms with E-state index >= 15 is 0 Å². The van der Waals surface area contributed by atoms with E-state index in [4.69, 9.17) is 17.3 Å². The van der Waals surface area contributed by atoms with Gasteiger partial charge in [-0.25, -0.2) is 8.42 Å². The minimum Gasteiger partial charge on any atom is -0.399 e. The minimum absolute atomic E-state index is 0.0701. The number of rotatable bonds is 4. The number of benzene rings is 1. The van der Waals surface area contributed by atoms with Gasteiger partial charge in [0.1, 0.15) is 0 Å². The number of hydrogen-bond acceptors (Lipinski definition) is 4. The van der Waals surface area contributed by atoms with Crippen molar-refractivity contribution in [2.45, 2.75) is 31.9 Å². The molecule has 0 atom stereocenters. The van der Waals surface area contributed by atoms with Gasteiger partial charge in [0, 0.05) is 22.7 Å². The highest BCUT2D eigenvalue weighted by atomic mass is 35.5. The van der Waals surface area contributed by atoms with Crippen LogP contribution < -0.4 is 5.73 Å². The first-order chi connectivity index (χ1) is 8.53. The van der Waals surface area contributed by atoms with Gasteiger partial charge in [0.25, 0.3) is 0 Å². The number of carbonyl (C=O) groups is 1. The third kappa shape index (κ3) is 4.21. The predicted octanol–water partition coefficient (Wildman–Crippen LogP) is 2.71. The zero-order chi connectivity index (χ0) is 14.8. The van der Waals surface area contributed by atoms with Crippen molar-refractivity contribution in [1.29, 1.82) is 0 Å². The van der Waals surface area contributed by atoms with Crippen molar-refractivity contribution in [2.24, 2.45) is 0 Å². The Morgan fingerprint density at radius 2 is 1.84 bits per heavy atom. The molecule has 0 amide bonds. The van der Waals surface area contributed by atoms with Gasteiger partial charge < -0.3 is 5.73 Å². The molecule has 2 N–H and O–H groups in total. The Balaban J connectivity index is 2.82. The molecule has 19 heavy (non-hydrogen) atoms. The lowest BCUT2D eigenvalue weighted by Gasteiger charge is -2.18. The predicted molar refractivity (Wildman–Crippen MR) is 78.4 cm³/mol. The molecule has 106 valence electrons. The van der Waals surface area contributed by atoms with Crippen molar-refractivity contribution in [2.75, 3.05) is 11.5 Å². The maximum atomic E-state index is 11.9. The van der Waals surface area contributed by atoms with E-state index in [9.17, 15) is 13.2 Å². The second kappa shape index (κ2) is 5.51. The third-order valence-electron chi connectivity index (χ3n) is 2.77. The molecule has 0 aromatic heterocycles. The summed E-state index contributed by atoms with van der Waals surface area (Å²) in [5, 5.41) is 0.363. The highest BCUT2D eigenvalue weighted by Gasteiger charge is 2.29. The van der Waals surface area contributed by atoms with Gasteiger partial charge in [0.2, 0.25) is 0 Å². The number of ketones is 1. The van der Waals surface area contributed by atoms with Crippen molar-refractivity contribution < 1.29 is 13.2 Å². The summed E-state index contributed by atoms with van der Waals surface area (Å²) in [5.41, 5.74) is 6.32. The quantitative estimate of drug-likeness (QED) is 0.685. The number of nitrogen functional groups attached to an aromatic ring is 1. The Morgan fingerprint density at radius 1 is 1.26 bits per heavy atom. The molecule has 1 rings (SSSR count). The van der Waals surface area contributed by atoms with Crippen molar-refractivity contribution >= 4 is 32.9 Å². The highest BCUT2D eigenvalue weighted by molar-refractivity contribution is 7.92. The first-order valence-corrected chi connectivity index (χ1v) is 7.87. The van der Waals surface area contributed by atoms with Crippen LogP contribution in [0.1, 0.15) is 37.6 Å². The SMILES string of the molecule is CC(C)(C)S(=O)(=O)CCC(=O)c1cc(N)cc(Cl)c1. The fraction of sp³-hybridized carbons (Fsp3) is 0.462. The molecule has 1 aromatic carbocycles. The summed E-state index contributed by atoms with van der Waals surface area (Å²) < 4.78 is 23.0. The number of carbonyl (C=O) groups excluding carboxylic acids is 1. The van der Waals surface area contributed by atoms with Crippen LogP contribution in [-0.4, -0.2) is 24.7 Å². The van der Waals surface area contributed by atoms with E-state index in [1.165, 1.54) is 18.2 Å². The molecule has 0 heterocycles. The van der Waals surface area contributed by atoms with Gasteiger partial charge in [0.05, 0.1) is 10.5 Å². The van der Waals surface area contributed by atoms with E-state index in [1.807, 2.05) is 0 Å². The first kappa shape index (κ1) is 16.0. The van der Waals surface area contributed by atoms with Crippen molar-refractivity contribution in [3.05, 3.63) is 28.8 Å². The van der Waals surface area contributed by atoms with Crippen LogP contribution in [-0.2, 0) is 9.84 Å².